The van der Waals surface area contributed by atoms with Crippen LogP contribution in [0.15, 0.2) is 0 Å². The van der Waals surface area contributed by atoms with Crippen LogP contribution < -0.4 is 12.4 Å². The van der Waals surface area contributed by atoms with Gasteiger partial charge in [-0.2, -0.15) is 0 Å². The van der Waals surface area contributed by atoms with E-state index in [1.807, 2.05) is 6.92 Å². The minimum atomic E-state index is 0. The van der Waals surface area contributed by atoms with Crippen molar-refractivity contribution in [3.8, 4) is 0 Å². The molecule has 0 aliphatic rings. The van der Waals surface area contributed by atoms with Crippen molar-refractivity contribution < 1.29 is 12.4 Å². The van der Waals surface area contributed by atoms with Crippen LogP contribution in [0, 0.1) is 0 Å². The summed E-state index contributed by atoms with van der Waals surface area (Å²) in [4.78, 5) is 0. The molecule has 28 valence electrons. The van der Waals surface area contributed by atoms with Crippen LogP contribution in [0.3, 0.4) is 0 Å². The van der Waals surface area contributed by atoms with Crippen molar-refractivity contribution in [3.63, 3.8) is 0 Å². The molecule has 0 nitrogen and oxygen atoms in total. The molecule has 0 aromatic heterocycles. The van der Waals surface area contributed by atoms with Crippen LogP contribution >= 0.6 is 11.6 Å². The molecule has 0 radical (unpaired) electrons. The van der Waals surface area contributed by atoms with Gasteiger partial charge in [0, 0.05) is 5.88 Å². The lowest BCUT2D eigenvalue weighted by Gasteiger charge is -1.45. The van der Waals surface area contributed by atoms with Crippen LogP contribution in [0.25, 0.3) is 0 Å². The van der Waals surface area contributed by atoms with E-state index in [1.54, 1.807) is 0 Å². The summed E-state index contributed by atoms with van der Waals surface area (Å²) in [6.07, 6.45) is 0. The molecule has 0 aromatic carbocycles. The maximum atomic E-state index is 5.00. The number of hydrogen-bond donors (Lipinski definition) is 0. The molecular weight excluding hydrogens is 94.9 g/mol. The Morgan fingerprint density at radius 1 is 1.75 bits per heavy atom. The summed E-state index contributed by atoms with van der Waals surface area (Å²) in [5, 5.41) is 0. The Kier molecular flexibility index (Phi) is 21.0. The molecule has 2 heteroatoms. The van der Waals surface area contributed by atoms with Crippen molar-refractivity contribution in [1.82, 2.24) is 0 Å². The van der Waals surface area contributed by atoms with Gasteiger partial charge in [0.25, 0.3) is 0 Å². The van der Waals surface area contributed by atoms with E-state index in [2.05, 4.69) is 0 Å². The van der Waals surface area contributed by atoms with Gasteiger partial charge in [-0.1, -0.05) is 6.92 Å². The predicted molar refractivity (Wildman–Crippen MR) is 16.4 cm³/mol. The minimum Gasteiger partial charge on any atom is -1.00 e. The van der Waals surface area contributed by atoms with Gasteiger partial charge in [-0.05, 0) is 0 Å². The molecule has 0 N–H and O–H groups in total. The zero-order valence-corrected chi connectivity index (χ0v) is 3.97. The summed E-state index contributed by atoms with van der Waals surface area (Å²) in [6.45, 7) is 1.89. The van der Waals surface area contributed by atoms with Crippen LogP contribution in [0.2, 0.25) is 0 Å². The third-order valence-electron chi connectivity index (χ3n) is 0. The van der Waals surface area contributed by atoms with Crippen LogP contribution in [0.1, 0.15) is 6.92 Å². The van der Waals surface area contributed by atoms with Gasteiger partial charge >= 0.3 is 0 Å². The second-order valence-corrected chi connectivity index (χ2v) is 0.802. The van der Waals surface area contributed by atoms with Gasteiger partial charge in [-0.25, -0.2) is 0 Å². The van der Waals surface area contributed by atoms with Crippen LogP contribution in [-0.2, 0) is 0 Å². The average molecular weight is 100.0 g/mol. The molecule has 0 aliphatic carbocycles. The smallest absolute Gasteiger partial charge is 0.0195 e. The lowest BCUT2D eigenvalue weighted by Crippen LogP contribution is -3.00. The number of alkyl halides is 1. The standard InChI is InChI=1S/C2H5Cl.ClH/c1-2-3;/h2H2,1H3;1H/p-1. The fourth-order valence-corrected chi connectivity index (χ4v) is 0. The molecule has 0 saturated carbocycles. The lowest BCUT2D eigenvalue weighted by molar-refractivity contribution is -0.000000655. The van der Waals surface area contributed by atoms with Crippen molar-refractivity contribution in [2.75, 3.05) is 5.88 Å². The van der Waals surface area contributed by atoms with Gasteiger partial charge in [0.05, 0.1) is 0 Å². The van der Waals surface area contributed by atoms with Gasteiger partial charge < -0.3 is 12.4 Å². The Morgan fingerprint density at radius 3 is 1.75 bits per heavy atom. The van der Waals surface area contributed by atoms with E-state index in [-0.39, 0.29) is 12.4 Å². The Bertz CT molecular complexity index is 4.00. The van der Waals surface area contributed by atoms with E-state index in [0.717, 1.165) is 5.88 Å². The molecular formula is C2H5Cl2-. The molecule has 0 bridgehead atoms. The van der Waals surface area contributed by atoms with E-state index in [1.165, 1.54) is 0 Å². The van der Waals surface area contributed by atoms with Crippen LogP contribution in [0.4, 0.5) is 0 Å². The Balaban J connectivity index is 0. The maximum absolute atomic E-state index is 5.00. The molecule has 0 rings (SSSR count). The average Bonchev–Trinajstić information content (AvgIpc) is 0.918. The van der Waals surface area contributed by atoms with Crippen molar-refractivity contribution >= 4 is 11.6 Å². The fourth-order valence-electron chi connectivity index (χ4n) is 0. The summed E-state index contributed by atoms with van der Waals surface area (Å²) in [6, 6.07) is 0. The first-order valence-corrected chi connectivity index (χ1v) is 1.51. The van der Waals surface area contributed by atoms with Gasteiger partial charge in [0.2, 0.25) is 0 Å². The van der Waals surface area contributed by atoms with Crippen molar-refractivity contribution in [2.45, 2.75) is 6.92 Å². The van der Waals surface area contributed by atoms with E-state index in [4.69, 9.17) is 11.6 Å². The highest BCUT2D eigenvalue weighted by Crippen LogP contribution is 1.59. The molecule has 0 aromatic rings. The summed E-state index contributed by atoms with van der Waals surface area (Å²) >= 11 is 5.00. The first-order chi connectivity index (χ1) is 1.41. The quantitative estimate of drug-likeness (QED) is 0.316. The van der Waals surface area contributed by atoms with E-state index >= 15 is 0 Å². The number of rotatable bonds is 0. The van der Waals surface area contributed by atoms with Crippen LogP contribution in [-0.4, -0.2) is 5.88 Å². The summed E-state index contributed by atoms with van der Waals surface area (Å²) in [5.74, 6) is 0.722. The largest absolute Gasteiger partial charge is 1.00 e. The number of hydrogen-bond acceptors (Lipinski definition) is 0. The highest BCUT2D eigenvalue weighted by atomic mass is 35.5. The molecule has 0 heterocycles. The first-order valence-electron chi connectivity index (χ1n) is 0.974. The second kappa shape index (κ2) is 9.55. The number of halogens is 2. The fraction of sp³-hybridized carbons (Fsp3) is 1.00. The third kappa shape index (κ3) is 19.1. The minimum absolute atomic E-state index is 0. The van der Waals surface area contributed by atoms with Gasteiger partial charge in [0.1, 0.15) is 0 Å². The topological polar surface area (TPSA) is 0 Å². The van der Waals surface area contributed by atoms with Crippen molar-refractivity contribution in [3.05, 3.63) is 0 Å². The zero-order chi connectivity index (χ0) is 2.71. The first kappa shape index (κ1) is 8.82. The summed E-state index contributed by atoms with van der Waals surface area (Å²) in [5.41, 5.74) is 0. The summed E-state index contributed by atoms with van der Waals surface area (Å²) in [7, 11) is 0. The van der Waals surface area contributed by atoms with Crippen molar-refractivity contribution in [1.29, 1.82) is 0 Å². The van der Waals surface area contributed by atoms with E-state index < -0.39 is 0 Å². The normalized spacial score (nSPS) is 4.50. The lowest BCUT2D eigenvalue weighted by atomic mass is 11.0. The molecule has 0 unspecified atom stereocenters. The van der Waals surface area contributed by atoms with Gasteiger partial charge in [0.15, 0.2) is 0 Å². The van der Waals surface area contributed by atoms with Crippen molar-refractivity contribution in [2.24, 2.45) is 0 Å². The van der Waals surface area contributed by atoms with E-state index in [0.29, 0.717) is 0 Å². The molecule has 4 heavy (non-hydrogen) atoms. The van der Waals surface area contributed by atoms with Gasteiger partial charge in [-0.15, -0.1) is 11.6 Å². The zero-order valence-electron chi connectivity index (χ0n) is 2.46. The molecule has 0 atom stereocenters. The van der Waals surface area contributed by atoms with E-state index in [9.17, 15) is 0 Å². The monoisotopic (exact) mass is 99.0 g/mol. The molecule has 0 aliphatic heterocycles. The maximum Gasteiger partial charge on any atom is 0.0195 e. The highest BCUT2D eigenvalue weighted by Gasteiger charge is 1.38. The molecule has 0 amide bonds. The highest BCUT2D eigenvalue weighted by molar-refractivity contribution is 6.17. The Hall–Kier alpha value is 0.580. The second-order valence-electron chi connectivity index (χ2n) is 0.267. The SMILES string of the molecule is CCCl.[Cl-]. The third-order valence-corrected chi connectivity index (χ3v) is 0. The van der Waals surface area contributed by atoms with Gasteiger partial charge in [-0.3, -0.25) is 0 Å². The summed E-state index contributed by atoms with van der Waals surface area (Å²) < 4.78 is 0. The molecule has 0 spiro atoms. The molecule has 0 fully saturated rings. The van der Waals surface area contributed by atoms with Crippen LogP contribution in [0.5, 0.6) is 0 Å². The predicted octanol–water partition coefficient (Wildman–Crippen LogP) is -1.75. The Labute approximate surface area is 37.6 Å². The molecule has 0 saturated heterocycles. The Morgan fingerprint density at radius 2 is 1.75 bits per heavy atom.